The summed E-state index contributed by atoms with van der Waals surface area (Å²) in [6.45, 7) is 9.72. The van der Waals surface area contributed by atoms with Crippen molar-refractivity contribution in [1.82, 2.24) is 5.32 Å². The van der Waals surface area contributed by atoms with Crippen LogP contribution in [0.3, 0.4) is 0 Å². The molecule has 0 spiro atoms. The molecule has 0 aliphatic rings. The molecule has 0 heterocycles. The van der Waals surface area contributed by atoms with Gasteiger partial charge in [0.2, 0.25) is 0 Å². The Hall–Kier alpha value is -1.60. The maximum absolute atomic E-state index is 3.62. The van der Waals surface area contributed by atoms with Gasteiger partial charge in [0, 0.05) is 6.04 Å². The van der Waals surface area contributed by atoms with E-state index >= 15 is 0 Å². The van der Waals surface area contributed by atoms with Gasteiger partial charge >= 0.3 is 0 Å². The quantitative estimate of drug-likeness (QED) is 0.805. The summed E-state index contributed by atoms with van der Waals surface area (Å²) >= 11 is 0. The second-order valence-corrected chi connectivity index (χ2v) is 5.91. The zero-order chi connectivity index (χ0) is 15.2. The Bertz CT molecular complexity index is 549. The molecule has 0 radical (unpaired) electrons. The van der Waals surface area contributed by atoms with Gasteiger partial charge < -0.3 is 5.32 Å². The molecule has 0 aliphatic heterocycles. The molecule has 112 valence electrons. The highest BCUT2D eigenvalue weighted by molar-refractivity contribution is 5.31. The van der Waals surface area contributed by atoms with Crippen molar-refractivity contribution in [3.8, 4) is 0 Å². The molecule has 0 fully saturated rings. The van der Waals surface area contributed by atoms with Crippen LogP contribution in [-0.2, 0) is 12.8 Å². The number of hydrogen-bond acceptors (Lipinski definition) is 1. The second-order valence-electron chi connectivity index (χ2n) is 5.91. The lowest BCUT2D eigenvalue weighted by atomic mass is 9.95. The fourth-order valence-corrected chi connectivity index (χ4v) is 2.96. The van der Waals surface area contributed by atoms with Crippen LogP contribution in [0.1, 0.15) is 47.7 Å². The zero-order valence-electron chi connectivity index (χ0n) is 13.7. The molecule has 2 aromatic carbocycles. The molecule has 0 saturated carbocycles. The Kier molecular flexibility index (Phi) is 5.58. The summed E-state index contributed by atoms with van der Waals surface area (Å²) in [5, 5.41) is 3.62. The van der Waals surface area contributed by atoms with Crippen molar-refractivity contribution < 1.29 is 0 Å². The van der Waals surface area contributed by atoms with Crippen molar-refractivity contribution in [2.45, 2.75) is 46.6 Å². The largest absolute Gasteiger partial charge is 0.310 e. The minimum absolute atomic E-state index is 0.391. The van der Waals surface area contributed by atoms with Crippen molar-refractivity contribution >= 4 is 0 Å². The molecular formula is C20H27N. The van der Waals surface area contributed by atoms with Gasteiger partial charge in [0.15, 0.2) is 0 Å². The average molecular weight is 281 g/mol. The number of benzene rings is 2. The van der Waals surface area contributed by atoms with Crippen molar-refractivity contribution in [2.75, 3.05) is 6.54 Å². The molecule has 0 aromatic heterocycles. The van der Waals surface area contributed by atoms with Gasteiger partial charge in [-0.2, -0.15) is 0 Å². The normalized spacial score (nSPS) is 12.4. The smallest absolute Gasteiger partial charge is 0.0360 e. The van der Waals surface area contributed by atoms with Gasteiger partial charge in [-0.1, -0.05) is 67.4 Å². The van der Waals surface area contributed by atoms with Crippen LogP contribution in [0.4, 0.5) is 0 Å². The van der Waals surface area contributed by atoms with E-state index in [4.69, 9.17) is 0 Å². The van der Waals surface area contributed by atoms with Crippen molar-refractivity contribution in [2.24, 2.45) is 0 Å². The predicted octanol–water partition coefficient (Wildman–Crippen LogP) is 4.76. The maximum Gasteiger partial charge on any atom is 0.0360 e. The Morgan fingerprint density at radius 2 is 1.48 bits per heavy atom. The van der Waals surface area contributed by atoms with Gasteiger partial charge in [0.1, 0.15) is 0 Å². The van der Waals surface area contributed by atoms with Gasteiger partial charge in [0.25, 0.3) is 0 Å². The number of aryl methyl sites for hydroxylation is 3. The van der Waals surface area contributed by atoms with Crippen LogP contribution in [0.25, 0.3) is 0 Å². The Labute approximate surface area is 129 Å². The molecule has 1 unspecified atom stereocenters. The van der Waals surface area contributed by atoms with E-state index in [0.717, 1.165) is 19.4 Å². The lowest BCUT2D eigenvalue weighted by Crippen LogP contribution is -2.23. The Morgan fingerprint density at radius 3 is 2.00 bits per heavy atom. The van der Waals surface area contributed by atoms with Crippen LogP contribution in [0.2, 0.25) is 0 Å². The first-order valence-electron chi connectivity index (χ1n) is 8.01. The van der Waals surface area contributed by atoms with E-state index in [9.17, 15) is 0 Å². The summed E-state index contributed by atoms with van der Waals surface area (Å²) in [6, 6.07) is 16.3. The summed E-state index contributed by atoms with van der Waals surface area (Å²) in [6.07, 6.45) is 2.14. The van der Waals surface area contributed by atoms with E-state index in [0.29, 0.717) is 6.04 Å². The van der Waals surface area contributed by atoms with E-state index in [1.807, 2.05) is 0 Å². The molecule has 1 N–H and O–H groups in total. The lowest BCUT2D eigenvalue weighted by molar-refractivity contribution is 0.549. The van der Waals surface area contributed by atoms with E-state index in [2.05, 4.69) is 75.5 Å². The Morgan fingerprint density at radius 1 is 0.857 bits per heavy atom. The first kappa shape index (κ1) is 15.8. The minimum Gasteiger partial charge on any atom is -0.310 e. The summed E-state index contributed by atoms with van der Waals surface area (Å²) in [5.41, 5.74) is 6.90. The molecular weight excluding hydrogens is 254 g/mol. The lowest BCUT2D eigenvalue weighted by Gasteiger charge is -2.19. The molecule has 2 rings (SSSR count). The van der Waals surface area contributed by atoms with Crippen LogP contribution >= 0.6 is 0 Å². The SMILES string of the molecule is CCNC(Cc1cc(C)cc(C)c1)c1ccc(CC)cc1. The number of rotatable bonds is 6. The third kappa shape index (κ3) is 4.44. The fraction of sp³-hybridized carbons (Fsp3) is 0.400. The van der Waals surface area contributed by atoms with Crippen LogP contribution in [-0.4, -0.2) is 6.54 Å². The third-order valence-electron chi connectivity index (χ3n) is 3.96. The standard InChI is InChI=1S/C20H27N/c1-5-17-7-9-19(10-8-17)20(21-6-2)14-18-12-15(3)11-16(4)13-18/h7-13,20-21H,5-6,14H2,1-4H3. The van der Waals surface area contributed by atoms with E-state index in [-0.39, 0.29) is 0 Å². The van der Waals surface area contributed by atoms with Crippen molar-refractivity contribution in [1.29, 1.82) is 0 Å². The molecule has 1 atom stereocenters. The van der Waals surface area contributed by atoms with Gasteiger partial charge in [-0.25, -0.2) is 0 Å². The average Bonchev–Trinajstić information content (AvgIpc) is 2.46. The highest BCUT2D eigenvalue weighted by atomic mass is 14.9. The van der Waals surface area contributed by atoms with Gasteiger partial charge in [0.05, 0.1) is 0 Å². The summed E-state index contributed by atoms with van der Waals surface area (Å²) in [4.78, 5) is 0. The van der Waals surface area contributed by atoms with Gasteiger partial charge in [-0.3, -0.25) is 0 Å². The second kappa shape index (κ2) is 7.42. The monoisotopic (exact) mass is 281 g/mol. The first-order valence-corrected chi connectivity index (χ1v) is 8.01. The van der Waals surface area contributed by atoms with E-state index < -0.39 is 0 Å². The molecule has 1 nitrogen and oxygen atoms in total. The summed E-state index contributed by atoms with van der Waals surface area (Å²) < 4.78 is 0. The summed E-state index contributed by atoms with van der Waals surface area (Å²) in [5.74, 6) is 0. The van der Waals surface area contributed by atoms with E-state index in [1.54, 1.807) is 0 Å². The van der Waals surface area contributed by atoms with Gasteiger partial charge in [-0.15, -0.1) is 0 Å². The number of hydrogen-bond donors (Lipinski definition) is 1. The van der Waals surface area contributed by atoms with Crippen molar-refractivity contribution in [3.05, 3.63) is 70.3 Å². The molecule has 2 aromatic rings. The number of likely N-dealkylation sites (N-methyl/N-ethyl adjacent to an activating group) is 1. The van der Waals surface area contributed by atoms with Crippen LogP contribution < -0.4 is 5.32 Å². The maximum atomic E-state index is 3.62. The highest BCUT2D eigenvalue weighted by Gasteiger charge is 2.11. The topological polar surface area (TPSA) is 12.0 Å². The summed E-state index contributed by atoms with van der Waals surface area (Å²) in [7, 11) is 0. The van der Waals surface area contributed by atoms with Crippen LogP contribution in [0.15, 0.2) is 42.5 Å². The first-order chi connectivity index (χ1) is 10.1. The molecule has 1 heteroatoms. The highest BCUT2D eigenvalue weighted by Crippen LogP contribution is 2.21. The van der Waals surface area contributed by atoms with Crippen LogP contribution in [0, 0.1) is 13.8 Å². The number of nitrogens with one attached hydrogen (secondary N) is 1. The Balaban J connectivity index is 2.21. The fourth-order valence-electron chi connectivity index (χ4n) is 2.96. The molecule has 0 amide bonds. The minimum atomic E-state index is 0.391. The van der Waals surface area contributed by atoms with Crippen LogP contribution in [0.5, 0.6) is 0 Å². The van der Waals surface area contributed by atoms with E-state index in [1.165, 1.54) is 27.8 Å². The van der Waals surface area contributed by atoms with Gasteiger partial charge in [-0.05, 0) is 49.9 Å². The van der Waals surface area contributed by atoms with Crippen molar-refractivity contribution in [3.63, 3.8) is 0 Å². The molecule has 0 aliphatic carbocycles. The molecule has 21 heavy (non-hydrogen) atoms. The zero-order valence-corrected chi connectivity index (χ0v) is 13.7. The predicted molar refractivity (Wildman–Crippen MR) is 91.9 cm³/mol. The molecule has 0 bridgehead atoms. The molecule has 0 saturated heterocycles. The third-order valence-corrected chi connectivity index (χ3v) is 3.96.